The first kappa shape index (κ1) is 22.9. The molecule has 0 aromatic carbocycles. The molecule has 0 spiro atoms. The molecular weight excluding hydrogens is 316 g/mol. The molecule has 1 saturated heterocycles. The van der Waals surface area contributed by atoms with Crippen LogP contribution in [0, 0.1) is 0 Å². The molecular formula is C21H42O4. The van der Waals surface area contributed by atoms with Gasteiger partial charge < -0.3 is 19.7 Å². The lowest BCUT2D eigenvalue weighted by Crippen LogP contribution is -2.28. The Hall–Kier alpha value is -0.160. The number of aliphatic hydroxyl groups is 2. The molecule has 25 heavy (non-hydrogen) atoms. The standard InChI is InChI=1S/C21H42O4/c1-2-3-4-5-6-7-8-9-10-11-12-13-14-15-16-24-19-17-21(23)25-20(19)18-22/h19-23H,2-18H2,1H3/t19-,20+,21?/m0/s1. The van der Waals surface area contributed by atoms with E-state index in [1.165, 1.54) is 83.5 Å². The molecule has 1 heterocycles. The van der Waals surface area contributed by atoms with E-state index >= 15 is 0 Å². The van der Waals surface area contributed by atoms with Crippen LogP contribution in [0.25, 0.3) is 0 Å². The highest BCUT2D eigenvalue weighted by Gasteiger charge is 2.34. The number of aliphatic hydroxyl groups excluding tert-OH is 2. The molecule has 4 nitrogen and oxygen atoms in total. The average Bonchev–Trinajstić information content (AvgIpc) is 2.98. The van der Waals surface area contributed by atoms with E-state index in [1.807, 2.05) is 0 Å². The molecule has 4 heteroatoms. The summed E-state index contributed by atoms with van der Waals surface area (Å²) in [7, 11) is 0. The van der Waals surface area contributed by atoms with Gasteiger partial charge in [-0.2, -0.15) is 0 Å². The Bertz CT molecular complexity index is 285. The van der Waals surface area contributed by atoms with E-state index in [4.69, 9.17) is 14.6 Å². The van der Waals surface area contributed by atoms with E-state index in [1.54, 1.807) is 0 Å². The first-order valence-electron chi connectivity index (χ1n) is 10.8. The third-order valence-electron chi connectivity index (χ3n) is 5.19. The van der Waals surface area contributed by atoms with Gasteiger partial charge in [0.1, 0.15) is 6.10 Å². The summed E-state index contributed by atoms with van der Waals surface area (Å²) >= 11 is 0. The predicted octanol–water partition coefficient (Wildman–Crippen LogP) is 4.95. The van der Waals surface area contributed by atoms with Crippen LogP contribution in [0.4, 0.5) is 0 Å². The lowest BCUT2D eigenvalue weighted by atomic mass is 10.0. The fourth-order valence-electron chi connectivity index (χ4n) is 3.56. The third-order valence-corrected chi connectivity index (χ3v) is 5.19. The van der Waals surface area contributed by atoms with Crippen molar-refractivity contribution in [3.05, 3.63) is 0 Å². The van der Waals surface area contributed by atoms with E-state index in [9.17, 15) is 5.11 Å². The zero-order chi connectivity index (χ0) is 18.2. The average molecular weight is 359 g/mol. The number of unbranched alkanes of at least 4 members (excludes halogenated alkanes) is 13. The molecule has 0 radical (unpaired) electrons. The van der Waals surface area contributed by atoms with Gasteiger partial charge in [0.25, 0.3) is 0 Å². The number of hydrogen-bond acceptors (Lipinski definition) is 4. The molecule has 0 bridgehead atoms. The SMILES string of the molecule is CCCCCCCCCCCCCCCCO[C@H]1CC(O)O[C@@H]1CO. The van der Waals surface area contributed by atoms with Gasteiger partial charge in [-0.15, -0.1) is 0 Å². The van der Waals surface area contributed by atoms with E-state index in [-0.39, 0.29) is 18.8 Å². The summed E-state index contributed by atoms with van der Waals surface area (Å²) in [5.74, 6) is 0. The van der Waals surface area contributed by atoms with Gasteiger partial charge in [0.2, 0.25) is 0 Å². The molecule has 3 atom stereocenters. The molecule has 0 amide bonds. The van der Waals surface area contributed by atoms with Crippen molar-refractivity contribution in [1.29, 1.82) is 0 Å². The number of ether oxygens (including phenoxy) is 2. The molecule has 2 N–H and O–H groups in total. The molecule has 150 valence electrons. The van der Waals surface area contributed by atoms with Crippen LogP contribution in [0.1, 0.15) is 103 Å². The summed E-state index contributed by atoms with van der Waals surface area (Å²) in [6.45, 7) is 2.89. The van der Waals surface area contributed by atoms with E-state index < -0.39 is 6.29 Å². The van der Waals surface area contributed by atoms with E-state index in [0.29, 0.717) is 13.0 Å². The summed E-state index contributed by atoms with van der Waals surface area (Å²) in [5, 5.41) is 18.6. The van der Waals surface area contributed by atoms with Crippen LogP contribution in [0.2, 0.25) is 0 Å². The van der Waals surface area contributed by atoms with Crippen molar-refractivity contribution in [2.24, 2.45) is 0 Å². The maximum atomic E-state index is 9.41. The third kappa shape index (κ3) is 12.0. The highest BCUT2D eigenvalue weighted by Crippen LogP contribution is 2.22. The fraction of sp³-hybridized carbons (Fsp3) is 1.00. The monoisotopic (exact) mass is 358 g/mol. The minimum Gasteiger partial charge on any atom is -0.394 e. The second-order valence-corrected chi connectivity index (χ2v) is 7.55. The van der Waals surface area contributed by atoms with Crippen LogP contribution in [0.5, 0.6) is 0 Å². The van der Waals surface area contributed by atoms with Crippen molar-refractivity contribution < 1.29 is 19.7 Å². The highest BCUT2D eigenvalue weighted by atomic mass is 16.6. The van der Waals surface area contributed by atoms with Gasteiger partial charge in [-0.05, 0) is 6.42 Å². The molecule has 1 aliphatic rings. The molecule has 1 aliphatic heterocycles. The summed E-state index contributed by atoms with van der Waals surface area (Å²) in [6, 6.07) is 0. The molecule has 0 saturated carbocycles. The molecule has 1 rings (SSSR count). The fourth-order valence-corrected chi connectivity index (χ4v) is 3.56. The maximum Gasteiger partial charge on any atom is 0.157 e. The molecule has 1 unspecified atom stereocenters. The largest absolute Gasteiger partial charge is 0.394 e. The Kier molecular flexibility index (Phi) is 14.7. The summed E-state index contributed by atoms with van der Waals surface area (Å²) in [6.07, 6.45) is 18.1. The van der Waals surface area contributed by atoms with Crippen molar-refractivity contribution >= 4 is 0 Å². The van der Waals surface area contributed by atoms with Crippen LogP contribution in [0.15, 0.2) is 0 Å². The minimum absolute atomic E-state index is 0.0829. The van der Waals surface area contributed by atoms with Crippen molar-refractivity contribution in [1.82, 2.24) is 0 Å². The van der Waals surface area contributed by atoms with Crippen molar-refractivity contribution in [2.75, 3.05) is 13.2 Å². The predicted molar refractivity (Wildman–Crippen MR) is 103 cm³/mol. The topological polar surface area (TPSA) is 58.9 Å². The summed E-state index contributed by atoms with van der Waals surface area (Å²) in [5.41, 5.74) is 0. The first-order chi connectivity index (χ1) is 12.3. The molecule has 1 fully saturated rings. The normalized spacial score (nSPS) is 23.4. The van der Waals surface area contributed by atoms with Gasteiger partial charge in [-0.1, -0.05) is 90.4 Å². The van der Waals surface area contributed by atoms with Gasteiger partial charge in [0.15, 0.2) is 6.29 Å². The first-order valence-corrected chi connectivity index (χ1v) is 10.8. The number of hydrogen-bond donors (Lipinski definition) is 2. The zero-order valence-corrected chi connectivity index (χ0v) is 16.5. The van der Waals surface area contributed by atoms with Crippen LogP contribution >= 0.6 is 0 Å². The Morgan fingerprint density at radius 1 is 0.800 bits per heavy atom. The van der Waals surface area contributed by atoms with Gasteiger partial charge in [0, 0.05) is 13.0 Å². The Labute approximate surface area is 155 Å². The second kappa shape index (κ2) is 16.0. The quantitative estimate of drug-likeness (QED) is 0.361. The smallest absolute Gasteiger partial charge is 0.157 e. The maximum absolute atomic E-state index is 9.41. The van der Waals surface area contributed by atoms with E-state index in [0.717, 1.165) is 6.42 Å². The van der Waals surface area contributed by atoms with E-state index in [2.05, 4.69) is 6.92 Å². The molecule has 0 aromatic rings. The highest BCUT2D eigenvalue weighted by molar-refractivity contribution is 4.78. The minimum atomic E-state index is -0.779. The van der Waals surface area contributed by atoms with Gasteiger partial charge >= 0.3 is 0 Å². The van der Waals surface area contributed by atoms with Crippen LogP contribution in [-0.2, 0) is 9.47 Å². The van der Waals surface area contributed by atoms with Crippen molar-refractivity contribution in [2.45, 2.75) is 122 Å². The van der Waals surface area contributed by atoms with Gasteiger partial charge in [-0.25, -0.2) is 0 Å². The number of rotatable bonds is 17. The van der Waals surface area contributed by atoms with Crippen LogP contribution in [0.3, 0.4) is 0 Å². The Morgan fingerprint density at radius 2 is 1.28 bits per heavy atom. The summed E-state index contributed by atoms with van der Waals surface area (Å²) < 4.78 is 10.9. The Balaban J connectivity index is 1.76. The Morgan fingerprint density at radius 3 is 1.76 bits per heavy atom. The molecule has 0 aliphatic carbocycles. The van der Waals surface area contributed by atoms with Gasteiger partial charge in [-0.3, -0.25) is 0 Å². The van der Waals surface area contributed by atoms with Crippen molar-refractivity contribution in [3.8, 4) is 0 Å². The molecule has 0 aromatic heterocycles. The van der Waals surface area contributed by atoms with Crippen LogP contribution < -0.4 is 0 Å². The lowest BCUT2D eigenvalue weighted by Gasteiger charge is -2.16. The zero-order valence-electron chi connectivity index (χ0n) is 16.5. The summed E-state index contributed by atoms with van der Waals surface area (Å²) in [4.78, 5) is 0. The second-order valence-electron chi connectivity index (χ2n) is 7.55. The van der Waals surface area contributed by atoms with Crippen molar-refractivity contribution in [3.63, 3.8) is 0 Å². The lowest BCUT2D eigenvalue weighted by molar-refractivity contribution is -0.111. The van der Waals surface area contributed by atoms with Gasteiger partial charge in [0.05, 0.1) is 12.7 Å². The van der Waals surface area contributed by atoms with Crippen LogP contribution in [-0.4, -0.2) is 41.9 Å².